The molecule has 2 N–H and O–H groups in total. The molecule has 0 aliphatic heterocycles. The molecule has 1 heteroatoms. The van der Waals surface area contributed by atoms with E-state index in [2.05, 4.69) is 13.8 Å². The molecule has 0 amide bonds. The van der Waals surface area contributed by atoms with Gasteiger partial charge in [-0.2, -0.15) is 0 Å². The fourth-order valence-electron chi connectivity index (χ4n) is 3.22. The molecule has 1 saturated carbocycles. The smallest absolute Gasteiger partial charge is 0.00929 e. The lowest BCUT2D eigenvalue weighted by Gasteiger charge is -2.31. The predicted molar refractivity (Wildman–Crippen MR) is 77.2 cm³/mol. The van der Waals surface area contributed by atoms with Gasteiger partial charge in [-0.25, -0.2) is 0 Å². The van der Waals surface area contributed by atoms with Crippen LogP contribution in [0.25, 0.3) is 0 Å². The second-order valence-electron chi connectivity index (χ2n) is 6.38. The maximum atomic E-state index is 6.38. The Labute approximate surface area is 109 Å². The van der Waals surface area contributed by atoms with E-state index in [-0.39, 0.29) is 0 Å². The Kier molecular flexibility index (Phi) is 7.18. The SMILES string of the molecule is CCCCCCCCCC(N)C1(C)CCCC1. The summed E-state index contributed by atoms with van der Waals surface area (Å²) in [5.41, 5.74) is 6.85. The Morgan fingerprint density at radius 3 is 2.06 bits per heavy atom. The molecule has 1 nitrogen and oxygen atoms in total. The van der Waals surface area contributed by atoms with Crippen molar-refractivity contribution in [3.05, 3.63) is 0 Å². The van der Waals surface area contributed by atoms with Gasteiger partial charge < -0.3 is 5.73 Å². The molecule has 0 saturated heterocycles. The van der Waals surface area contributed by atoms with Gasteiger partial charge in [-0.05, 0) is 24.7 Å². The quantitative estimate of drug-likeness (QED) is 0.561. The maximum absolute atomic E-state index is 6.38. The molecular weight excluding hydrogens is 206 g/mol. The molecule has 0 bridgehead atoms. The highest BCUT2D eigenvalue weighted by Crippen LogP contribution is 2.41. The summed E-state index contributed by atoms with van der Waals surface area (Å²) < 4.78 is 0. The molecule has 0 aromatic heterocycles. The van der Waals surface area contributed by atoms with E-state index in [1.54, 1.807) is 0 Å². The van der Waals surface area contributed by atoms with Gasteiger partial charge in [0.1, 0.15) is 0 Å². The highest BCUT2D eigenvalue weighted by atomic mass is 14.7. The fourth-order valence-corrected chi connectivity index (χ4v) is 3.22. The van der Waals surface area contributed by atoms with Crippen molar-refractivity contribution in [2.24, 2.45) is 11.1 Å². The molecule has 1 fully saturated rings. The monoisotopic (exact) mass is 239 g/mol. The van der Waals surface area contributed by atoms with E-state index in [0.717, 1.165) is 0 Å². The van der Waals surface area contributed by atoms with Crippen LogP contribution in [0.4, 0.5) is 0 Å². The van der Waals surface area contributed by atoms with Crippen LogP contribution >= 0.6 is 0 Å². The standard InChI is InChI=1S/C16H33N/c1-3-4-5-6-7-8-9-12-15(17)16(2)13-10-11-14-16/h15H,3-14,17H2,1-2H3. The van der Waals surface area contributed by atoms with Gasteiger partial charge in [0.2, 0.25) is 0 Å². The van der Waals surface area contributed by atoms with Crippen molar-refractivity contribution in [1.82, 2.24) is 0 Å². The van der Waals surface area contributed by atoms with Crippen molar-refractivity contribution >= 4 is 0 Å². The van der Waals surface area contributed by atoms with E-state index in [4.69, 9.17) is 5.73 Å². The second kappa shape index (κ2) is 8.13. The molecule has 0 heterocycles. The molecule has 0 aromatic carbocycles. The summed E-state index contributed by atoms with van der Waals surface area (Å²) >= 11 is 0. The normalized spacial score (nSPS) is 20.6. The number of rotatable bonds is 9. The lowest BCUT2D eigenvalue weighted by molar-refractivity contribution is 0.246. The van der Waals surface area contributed by atoms with Gasteiger partial charge in [-0.1, -0.05) is 71.6 Å². The molecule has 102 valence electrons. The summed E-state index contributed by atoms with van der Waals surface area (Å²) in [4.78, 5) is 0. The van der Waals surface area contributed by atoms with Crippen molar-refractivity contribution in [2.45, 2.75) is 96.9 Å². The minimum Gasteiger partial charge on any atom is -0.327 e. The van der Waals surface area contributed by atoms with Gasteiger partial charge in [0, 0.05) is 6.04 Å². The first-order valence-electron chi connectivity index (χ1n) is 7.94. The van der Waals surface area contributed by atoms with E-state index in [1.807, 2.05) is 0 Å². The summed E-state index contributed by atoms with van der Waals surface area (Å²) in [6.45, 7) is 4.69. The van der Waals surface area contributed by atoms with Crippen LogP contribution in [0.1, 0.15) is 90.9 Å². The summed E-state index contributed by atoms with van der Waals surface area (Å²) in [6.07, 6.45) is 16.6. The van der Waals surface area contributed by atoms with Crippen LogP contribution in [-0.4, -0.2) is 6.04 Å². The first-order valence-corrected chi connectivity index (χ1v) is 7.94. The number of hydrogen-bond acceptors (Lipinski definition) is 1. The van der Waals surface area contributed by atoms with Crippen molar-refractivity contribution < 1.29 is 0 Å². The molecule has 17 heavy (non-hydrogen) atoms. The minimum atomic E-state index is 0.459. The Morgan fingerprint density at radius 1 is 0.941 bits per heavy atom. The van der Waals surface area contributed by atoms with Gasteiger partial charge in [0.15, 0.2) is 0 Å². The van der Waals surface area contributed by atoms with E-state index in [1.165, 1.54) is 77.0 Å². The molecule has 0 spiro atoms. The molecule has 1 atom stereocenters. The van der Waals surface area contributed by atoms with Gasteiger partial charge in [-0.3, -0.25) is 0 Å². The van der Waals surface area contributed by atoms with Crippen LogP contribution in [0.3, 0.4) is 0 Å². The molecule has 0 radical (unpaired) electrons. The molecule has 0 aromatic rings. The van der Waals surface area contributed by atoms with E-state index < -0.39 is 0 Å². The first kappa shape index (κ1) is 15.0. The van der Waals surface area contributed by atoms with Gasteiger partial charge in [0.25, 0.3) is 0 Å². The zero-order chi connectivity index (χ0) is 12.6. The lowest BCUT2D eigenvalue weighted by Crippen LogP contribution is -2.37. The second-order valence-corrected chi connectivity index (χ2v) is 6.38. The molecule has 1 rings (SSSR count). The van der Waals surface area contributed by atoms with Crippen molar-refractivity contribution in [3.63, 3.8) is 0 Å². The zero-order valence-electron chi connectivity index (χ0n) is 12.1. The lowest BCUT2D eigenvalue weighted by atomic mass is 9.79. The maximum Gasteiger partial charge on any atom is 0.00929 e. The Hall–Kier alpha value is -0.0400. The number of hydrogen-bond donors (Lipinski definition) is 1. The molecule has 1 unspecified atom stereocenters. The third-order valence-corrected chi connectivity index (χ3v) is 4.76. The Morgan fingerprint density at radius 2 is 1.47 bits per heavy atom. The summed E-state index contributed by atoms with van der Waals surface area (Å²) in [7, 11) is 0. The fraction of sp³-hybridized carbons (Fsp3) is 1.00. The highest BCUT2D eigenvalue weighted by Gasteiger charge is 2.34. The molecule has 1 aliphatic carbocycles. The van der Waals surface area contributed by atoms with Crippen LogP contribution in [-0.2, 0) is 0 Å². The van der Waals surface area contributed by atoms with Crippen LogP contribution in [0.2, 0.25) is 0 Å². The average molecular weight is 239 g/mol. The summed E-state index contributed by atoms with van der Waals surface area (Å²) in [5, 5.41) is 0. The number of nitrogens with two attached hydrogens (primary N) is 1. The zero-order valence-corrected chi connectivity index (χ0v) is 12.1. The van der Waals surface area contributed by atoms with Crippen molar-refractivity contribution in [3.8, 4) is 0 Å². The average Bonchev–Trinajstić information content (AvgIpc) is 2.76. The largest absolute Gasteiger partial charge is 0.327 e. The van der Waals surface area contributed by atoms with Crippen LogP contribution < -0.4 is 5.73 Å². The topological polar surface area (TPSA) is 26.0 Å². The van der Waals surface area contributed by atoms with Crippen molar-refractivity contribution in [2.75, 3.05) is 0 Å². The van der Waals surface area contributed by atoms with Crippen LogP contribution in [0.5, 0.6) is 0 Å². The van der Waals surface area contributed by atoms with E-state index in [9.17, 15) is 0 Å². The third kappa shape index (κ3) is 5.42. The Balaban J connectivity index is 1.98. The predicted octanol–water partition coefficient (Wildman–Crippen LogP) is 5.03. The third-order valence-electron chi connectivity index (χ3n) is 4.76. The van der Waals surface area contributed by atoms with Gasteiger partial charge >= 0.3 is 0 Å². The van der Waals surface area contributed by atoms with Gasteiger partial charge in [-0.15, -0.1) is 0 Å². The summed E-state index contributed by atoms with van der Waals surface area (Å²) in [6, 6.07) is 0.459. The summed E-state index contributed by atoms with van der Waals surface area (Å²) in [5.74, 6) is 0. The molecular formula is C16H33N. The van der Waals surface area contributed by atoms with Crippen molar-refractivity contribution in [1.29, 1.82) is 0 Å². The number of unbranched alkanes of at least 4 members (excludes halogenated alkanes) is 6. The van der Waals surface area contributed by atoms with Gasteiger partial charge in [0.05, 0.1) is 0 Å². The van der Waals surface area contributed by atoms with E-state index >= 15 is 0 Å². The highest BCUT2D eigenvalue weighted by molar-refractivity contribution is 4.89. The van der Waals surface area contributed by atoms with Crippen LogP contribution in [0.15, 0.2) is 0 Å². The Bertz CT molecular complexity index is 182. The first-order chi connectivity index (χ1) is 8.19. The van der Waals surface area contributed by atoms with Crippen LogP contribution in [0, 0.1) is 5.41 Å². The van der Waals surface area contributed by atoms with E-state index in [0.29, 0.717) is 11.5 Å². The molecule has 1 aliphatic rings. The minimum absolute atomic E-state index is 0.459.